The van der Waals surface area contributed by atoms with E-state index in [0.29, 0.717) is 23.7 Å². The summed E-state index contributed by atoms with van der Waals surface area (Å²) in [4.78, 5) is 10.8. The Balaban J connectivity index is 2.02. The highest BCUT2D eigenvalue weighted by Gasteiger charge is 2.21. The van der Waals surface area contributed by atoms with Crippen LogP contribution in [0.1, 0.15) is 25.6 Å². The van der Waals surface area contributed by atoms with Gasteiger partial charge in [0.1, 0.15) is 17.6 Å². The molecule has 106 valence electrons. The standard InChI is InChI=1S/C13H20ClN3O2/c1-3-19-10-4-6-17(7-5-10)13-8-11(14)15-12(16-13)9-18-2/h8,10H,3-7,9H2,1-2H3. The molecule has 1 aliphatic heterocycles. The Kier molecular flexibility index (Phi) is 5.36. The lowest BCUT2D eigenvalue weighted by Gasteiger charge is -2.32. The number of nitrogens with zero attached hydrogens (tertiary/aromatic N) is 3. The molecule has 2 rings (SSSR count). The van der Waals surface area contributed by atoms with E-state index in [2.05, 4.69) is 14.9 Å². The van der Waals surface area contributed by atoms with Gasteiger partial charge in [0, 0.05) is 32.9 Å². The Morgan fingerprint density at radius 3 is 2.74 bits per heavy atom. The normalized spacial score (nSPS) is 16.9. The summed E-state index contributed by atoms with van der Waals surface area (Å²) in [6.07, 6.45) is 2.42. The maximum atomic E-state index is 6.03. The number of methoxy groups -OCH3 is 1. The van der Waals surface area contributed by atoms with Gasteiger partial charge < -0.3 is 14.4 Å². The molecule has 0 aromatic carbocycles. The fourth-order valence-electron chi connectivity index (χ4n) is 2.29. The van der Waals surface area contributed by atoms with Gasteiger partial charge >= 0.3 is 0 Å². The number of rotatable bonds is 5. The number of ether oxygens (including phenoxy) is 2. The fraction of sp³-hybridized carbons (Fsp3) is 0.692. The van der Waals surface area contributed by atoms with Crippen molar-refractivity contribution in [2.75, 3.05) is 31.7 Å². The molecule has 0 saturated carbocycles. The van der Waals surface area contributed by atoms with E-state index in [0.717, 1.165) is 38.4 Å². The van der Waals surface area contributed by atoms with Crippen molar-refractivity contribution in [3.05, 3.63) is 17.0 Å². The minimum atomic E-state index is 0.372. The molecule has 0 aliphatic carbocycles. The minimum absolute atomic E-state index is 0.372. The number of hydrogen-bond donors (Lipinski definition) is 0. The van der Waals surface area contributed by atoms with Gasteiger partial charge in [-0.2, -0.15) is 0 Å². The van der Waals surface area contributed by atoms with Crippen molar-refractivity contribution in [1.29, 1.82) is 0 Å². The second-order valence-electron chi connectivity index (χ2n) is 4.54. The van der Waals surface area contributed by atoms with E-state index >= 15 is 0 Å². The second kappa shape index (κ2) is 7.03. The lowest BCUT2D eigenvalue weighted by molar-refractivity contribution is 0.0458. The van der Waals surface area contributed by atoms with E-state index in [1.807, 2.05) is 13.0 Å². The first-order valence-corrected chi connectivity index (χ1v) is 6.99. The number of halogens is 1. The van der Waals surface area contributed by atoms with E-state index in [9.17, 15) is 0 Å². The summed E-state index contributed by atoms with van der Waals surface area (Å²) in [7, 11) is 1.62. The summed E-state index contributed by atoms with van der Waals surface area (Å²) < 4.78 is 10.7. The molecule has 1 fully saturated rings. The fourth-order valence-corrected chi connectivity index (χ4v) is 2.49. The molecule has 1 aliphatic rings. The van der Waals surface area contributed by atoms with Gasteiger partial charge in [0.25, 0.3) is 0 Å². The molecule has 0 N–H and O–H groups in total. The first-order chi connectivity index (χ1) is 9.22. The summed E-state index contributed by atoms with van der Waals surface area (Å²) in [6, 6.07) is 1.81. The summed E-state index contributed by atoms with van der Waals surface area (Å²) >= 11 is 6.03. The summed E-state index contributed by atoms with van der Waals surface area (Å²) in [6.45, 7) is 5.06. The molecule has 6 heteroatoms. The highest BCUT2D eigenvalue weighted by molar-refractivity contribution is 6.29. The molecule has 0 spiro atoms. The molecule has 1 aromatic heterocycles. The van der Waals surface area contributed by atoms with E-state index in [1.54, 1.807) is 7.11 Å². The molecule has 5 nitrogen and oxygen atoms in total. The number of piperidine rings is 1. The van der Waals surface area contributed by atoms with Crippen molar-refractivity contribution in [1.82, 2.24) is 9.97 Å². The van der Waals surface area contributed by atoms with Crippen LogP contribution < -0.4 is 4.90 Å². The van der Waals surface area contributed by atoms with Crippen molar-refractivity contribution < 1.29 is 9.47 Å². The zero-order chi connectivity index (χ0) is 13.7. The van der Waals surface area contributed by atoms with Crippen molar-refractivity contribution in [2.45, 2.75) is 32.5 Å². The van der Waals surface area contributed by atoms with Crippen LogP contribution in [0.2, 0.25) is 5.15 Å². The van der Waals surface area contributed by atoms with Crippen LogP contribution in [0.5, 0.6) is 0 Å². The zero-order valence-corrected chi connectivity index (χ0v) is 12.2. The predicted molar refractivity (Wildman–Crippen MR) is 74.6 cm³/mol. The SMILES string of the molecule is CCOC1CCN(c2cc(Cl)nc(COC)n2)CC1. The maximum absolute atomic E-state index is 6.03. The third-order valence-corrected chi connectivity index (χ3v) is 3.36. The summed E-state index contributed by atoms with van der Waals surface area (Å²) in [5, 5.41) is 0.462. The molecule has 19 heavy (non-hydrogen) atoms. The number of hydrogen-bond acceptors (Lipinski definition) is 5. The molecule has 2 heterocycles. The predicted octanol–water partition coefficient (Wildman–Crippen LogP) is 2.28. The van der Waals surface area contributed by atoms with Gasteiger partial charge in [0.2, 0.25) is 0 Å². The second-order valence-corrected chi connectivity index (χ2v) is 4.93. The van der Waals surface area contributed by atoms with Crippen molar-refractivity contribution in [3.8, 4) is 0 Å². The van der Waals surface area contributed by atoms with Gasteiger partial charge in [-0.05, 0) is 19.8 Å². The topological polar surface area (TPSA) is 47.5 Å². The average Bonchev–Trinajstić information content (AvgIpc) is 2.40. The molecule has 0 unspecified atom stereocenters. The Morgan fingerprint density at radius 1 is 1.37 bits per heavy atom. The molecular formula is C13H20ClN3O2. The Hall–Kier alpha value is -0.910. The van der Waals surface area contributed by atoms with Gasteiger partial charge in [-0.3, -0.25) is 0 Å². The van der Waals surface area contributed by atoms with Gasteiger partial charge in [0.05, 0.1) is 6.10 Å². The zero-order valence-electron chi connectivity index (χ0n) is 11.4. The van der Waals surface area contributed by atoms with E-state index in [4.69, 9.17) is 21.1 Å². The van der Waals surface area contributed by atoms with Crippen LogP contribution >= 0.6 is 11.6 Å². The molecular weight excluding hydrogens is 266 g/mol. The molecule has 1 aromatic rings. The highest BCUT2D eigenvalue weighted by Crippen LogP contribution is 2.22. The van der Waals surface area contributed by atoms with Gasteiger partial charge in [-0.15, -0.1) is 0 Å². The lowest BCUT2D eigenvalue weighted by atomic mass is 10.1. The number of aromatic nitrogens is 2. The van der Waals surface area contributed by atoms with Gasteiger partial charge in [-0.25, -0.2) is 9.97 Å². The van der Waals surface area contributed by atoms with Crippen molar-refractivity contribution in [3.63, 3.8) is 0 Å². The smallest absolute Gasteiger partial charge is 0.158 e. The van der Waals surface area contributed by atoms with Crippen LogP contribution in [-0.4, -0.2) is 42.9 Å². The summed E-state index contributed by atoms with van der Waals surface area (Å²) in [5.41, 5.74) is 0. The van der Waals surface area contributed by atoms with E-state index in [-0.39, 0.29) is 0 Å². The average molecular weight is 286 g/mol. The monoisotopic (exact) mass is 285 g/mol. The van der Waals surface area contributed by atoms with Crippen LogP contribution in [0.15, 0.2) is 6.07 Å². The Bertz CT molecular complexity index is 409. The quantitative estimate of drug-likeness (QED) is 0.777. The van der Waals surface area contributed by atoms with Crippen LogP contribution in [0.25, 0.3) is 0 Å². The molecule has 0 bridgehead atoms. The summed E-state index contributed by atoms with van der Waals surface area (Å²) in [5.74, 6) is 1.50. The maximum Gasteiger partial charge on any atom is 0.158 e. The van der Waals surface area contributed by atoms with Gasteiger partial charge in [0.15, 0.2) is 5.82 Å². The Labute approximate surface area is 118 Å². The molecule has 1 saturated heterocycles. The first-order valence-electron chi connectivity index (χ1n) is 6.62. The highest BCUT2D eigenvalue weighted by atomic mass is 35.5. The van der Waals surface area contributed by atoms with Crippen molar-refractivity contribution >= 4 is 17.4 Å². The van der Waals surface area contributed by atoms with Crippen LogP contribution in [0.4, 0.5) is 5.82 Å². The van der Waals surface area contributed by atoms with Crippen molar-refractivity contribution in [2.24, 2.45) is 0 Å². The molecule has 0 radical (unpaired) electrons. The first kappa shape index (κ1) is 14.5. The third-order valence-electron chi connectivity index (χ3n) is 3.17. The third kappa shape index (κ3) is 4.03. The van der Waals surface area contributed by atoms with Crippen LogP contribution in [-0.2, 0) is 16.1 Å². The van der Waals surface area contributed by atoms with Gasteiger partial charge in [-0.1, -0.05) is 11.6 Å². The molecule has 0 atom stereocenters. The van der Waals surface area contributed by atoms with E-state index < -0.39 is 0 Å². The van der Waals surface area contributed by atoms with Crippen LogP contribution in [0.3, 0.4) is 0 Å². The Morgan fingerprint density at radius 2 is 2.11 bits per heavy atom. The minimum Gasteiger partial charge on any atom is -0.378 e. The number of anilines is 1. The lowest BCUT2D eigenvalue weighted by Crippen LogP contribution is -2.37. The largest absolute Gasteiger partial charge is 0.378 e. The van der Waals surface area contributed by atoms with Crippen LogP contribution in [0, 0.1) is 0 Å². The molecule has 0 amide bonds. The van der Waals surface area contributed by atoms with E-state index in [1.165, 1.54) is 0 Å².